The molecule has 0 amide bonds. The second-order valence-electron chi connectivity index (χ2n) is 6.79. The normalized spacial score (nSPS) is 11.1. The van der Waals surface area contributed by atoms with Gasteiger partial charge in [0, 0.05) is 34.6 Å². The monoisotopic (exact) mass is 469 g/mol. The number of rotatable bonds is 8. The predicted molar refractivity (Wildman–Crippen MR) is 121 cm³/mol. The second kappa shape index (κ2) is 9.44. The number of aromatic amines is 1. The zero-order chi connectivity index (χ0) is 20.1. The highest BCUT2D eigenvalue weighted by molar-refractivity contribution is 9.10. The fraction of sp³-hybridized carbons (Fsp3) is 0.174. The summed E-state index contributed by atoms with van der Waals surface area (Å²) in [5.74, 6) is 1.87. The molecule has 0 aliphatic heterocycles. The third-order valence-electron chi connectivity index (χ3n) is 4.62. The summed E-state index contributed by atoms with van der Waals surface area (Å²) >= 11 is 9.50. The van der Waals surface area contributed by atoms with Crippen molar-refractivity contribution in [3.8, 4) is 5.75 Å². The Morgan fingerprint density at radius 3 is 2.69 bits per heavy atom. The van der Waals surface area contributed by atoms with Crippen molar-refractivity contribution >= 4 is 38.6 Å². The van der Waals surface area contributed by atoms with Gasteiger partial charge < -0.3 is 15.0 Å². The number of fused-ring (bicyclic) bond motifs is 1. The molecule has 4 nitrogen and oxygen atoms in total. The average molecular weight is 471 g/mol. The van der Waals surface area contributed by atoms with Gasteiger partial charge in [0.25, 0.3) is 0 Å². The number of nitrogens with zero attached hydrogens (tertiary/aromatic N) is 1. The van der Waals surface area contributed by atoms with Crippen LogP contribution < -0.4 is 10.1 Å². The van der Waals surface area contributed by atoms with Crippen LogP contribution in [0.4, 0.5) is 0 Å². The van der Waals surface area contributed by atoms with Gasteiger partial charge in [-0.3, -0.25) is 0 Å². The summed E-state index contributed by atoms with van der Waals surface area (Å²) in [4.78, 5) is 7.99. The largest absolute Gasteiger partial charge is 0.489 e. The molecule has 148 valence electrons. The number of halogens is 2. The molecule has 6 heteroatoms. The van der Waals surface area contributed by atoms with Gasteiger partial charge in [-0.2, -0.15) is 0 Å². The lowest BCUT2D eigenvalue weighted by Crippen LogP contribution is -2.17. The van der Waals surface area contributed by atoms with E-state index in [1.165, 1.54) is 0 Å². The van der Waals surface area contributed by atoms with Crippen molar-refractivity contribution in [2.24, 2.45) is 0 Å². The van der Waals surface area contributed by atoms with Gasteiger partial charge in [-0.1, -0.05) is 51.8 Å². The Kier molecular flexibility index (Phi) is 6.49. The third-order valence-corrected chi connectivity index (χ3v) is 5.37. The number of nitrogens with one attached hydrogen (secondary N) is 2. The molecule has 0 fully saturated rings. The van der Waals surface area contributed by atoms with E-state index in [2.05, 4.69) is 37.3 Å². The Hall–Kier alpha value is -2.34. The summed E-state index contributed by atoms with van der Waals surface area (Å²) in [5.41, 5.74) is 4.28. The summed E-state index contributed by atoms with van der Waals surface area (Å²) in [6, 6.07) is 21.9. The molecule has 3 aromatic carbocycles. The summed E-state index contributed by atoms with van der Waals surface area (Å²) in [7, 11) is 0. The third kappa shape index (κ3) is 5.38. The van der Waals surface area contributed by atoms with Gasteiger partial charge in [0.05, 0.1) is 11.0 Å². The number of imidazole rings is 1. The molecule has 0 atom stereocenters. The van der Waals surface area contributed by atoms with Gasteiger partial charge >= 0.3 is 0 Å². The van der Waals surface area contributed by atoms with Crippen molar-refractivity contribution in [3.05, 3.63) is 93.2 Å². The number of aromatic nitrogens is 2. The molecule has 0 unspecified atom stereocenters. The predicted octanol–water partition coefficient (Wildman–Crippen LogP) is 5.89. The first kappa shape index (κ1) is 20.0. The van der Waals surface area contributed by atoms with Crippen molar-refractivity contribution < 1.29 is 4.74 Å². The molecule has 0 saturated carbocycles. The minimum absolute atomic E-state index is 0.505. The Bertz CT molecular complexity index is 1060. The Morgan fingerprint density at radius 2 is 1.86 bits per heavy atom. The van der Waals surface area contributed by atoms with Gasteiger partial charge in [-0.05, 0) is 48.0 Å². The van der Waals surface area contributed by atoms with Gasteiger partial charge in [-0.25, -0.2) is 4.98 Å². The highest BCUT2D eigenvalue weighted by Crippen LogP contribution is 2.24. The molecule has 0 aliphatic carbocycles. The van der Waals surface area contributed by atoms with E-state index in [-0.39, 0.29) is 0 Å². The molecule has 1 aromatic heterocycles. The van der Waals surface area contributed by atoms with Crippen LogP contribution in [0.15, 0.2) is 71.2 Å². The van der Waals surface area contributed by atoms with Crippen LogP contribution in [0.3, 0.4) is 0 Å². The summed E-state index contributed by atoms with van der Waals surface area (Å²) in [6.45, 7) is 2.05. The van der Waals surface area contributed by atoms with E-state index in [0.29, 0.717) is 6.61 Å². The van der Waals surface area contributed by atoms with Crippen molar-refractivity contribution in [1.29, 1.82) is 0 Å². The van der Waals surface area contributed by atoms with Gasteiger partial charge in [0.1, 0.15) is 18.2 Å². The lowest BCUT2D eigenvalue weighted by molar-refractivity contribution is 0.302. The highest BCUT2D eigenvalue weighted by atomic mass is 79.9. The van der Waals surface area contributed by atoms with Crippen LogP contribution in [0.2, 0.25) is 5.02 Å². The molecule has 0 radical (unpaired) electrons. The van der Waals surface area contributed by atoms with Crippen LogP contribution in [0.1, 0.15) is 17.0 Å². The molecule has 29 heavy (non-hydrogen) atoms. The summed E-state index contributed by atoms with van der Waals surface area (Å²) < 4.78 is 7.08. The molecule has 0 spiro atoms. The SMILES string of the molecule is Clc1ccc(COc2ccc(Br)cc2CNCCc2nc3ccccc3[nH]2)cc1. The first-order valence-electron chi connectivity index (χ1n) is 9.47. The van der Waals surface area contributed by atoms with Crippen LogP contribution in [-0.4, -0.2) is 16.5 Å². The van der Waals surface area contributed by atoms with E-state index in [0.717, 1.165) is 62.7 Å². The second-order valence-corrected chi connectivity index (χ2v) is 8.15. The maximum atomic E-state index is 6.05. The van der Waals surface area contributed by atoms with Crippen LogP contribution >= 0.6 is 27.5 Å². The number of hydrogen-bond acceptors (Lipinski definition) is 3. The van der Waals surface area contributed by atoms with Crippen molar-refractivity contribution in [1.82, 2.24) is 15.3 Å². The van der Waals surface area contributed by atoms with Crippen molar-refractivity contribution in [2.75, 3.05) is 6.54 Å². The molecule has 4 aromatic rings. The topological polar surface area (TPSA) is 49.9 Å². The van der Waals surface area contributed by atoms with Crippen LogP contribution in [-0.2, 0) is 19.6 Å². The van der Waals surface area contributed by atoms with E-state index in [1.807, 2.05) is 60.7 Å². The smallest absolute Gasteiger partial charge is 0.124 e. The van der Waals surface area contributed by atoms with Crippen LogP contribution in [0.5, 0.6) is 5.75 Å². The standard InChI is InChI=1S/C23H21BrClN3O/c24-18-7-10-22(29-15-16-5-8-19(25)9-6-16)17(13-18)14-26-12-11-23-27-20-3-1-2-4-21(20)28-23/h1-10,13,26H,11-12,14-15H2,(H,27,28). The molecular formula is C23H21BrClN3O. The van der Waals surface area contributed by atoms with Crippen LogP contribution in [0, 0.1) is 0 Å². The van der Waals surface area contributed by atoms with Gasteiger partial charge in [-0.15, -0.1) is 0 Å². The first-order valence-corrected chi connectivity index (χ1v) is 10.6. The minimum Gasteiger partial charge on any atom is -0.489 e. The number of benzene rings is 3. The van der Waals surface area contributed by atoms with Gasteiger partial charge in [0.2, 0.25) is 0 Å². The minimum atomic E-state index is 0.505. The van der Waals surface area contributed by atoms with E-state index < -0.39 is 0 Å². The van der Waals surface area contributed by atoms with Crippen molar-refractivity contribution in [3.63, 3.8) is 0 Å². The number of hydrogen-bond donors (Lipinski definition) is 2. The van der Waals surface area contributed by atoms with Gasteiger partial charge in [0.15, 0.2) is 0 Å². The Morgan fingerprint density at radius 1 is 1.03 bits per heavy atom. The van der Waals surface area contributed by atoms with Crippen LogP contribution in [0.25, 0.3) is 11.0 Å². The molecule has 2 N–H and O–H groups in total. The first-order chi connectivity index (χ1) is 14.2. The molecule has 0 aliphatic rings. The van der Waals surface area contributed by atoms with Crippen molar-refractivity contribution in [2.45, 2.75) is 19.6 Å². The van der Waals surface area contributed by atoms with E-state index in [4.69, 9.17) is 16.3 Å². The summed E-state index contributed by atoms with van der Waals surface area (Å²) in [6.07, 6.45) is 0.837. The molecule has 0 saturated heterocycles. The quantitative estimate of drug-likeness (QED) is 0.316. The Balaban J connectivity index is 1.33. The number of ether oxygens (including phenoxy) is 1. The Labute approximate surface area is 183 Å². The molecule has 4 rings (SSSR count). The average Bonchev–Trinajstić information content (AvgIpc) is 3.15. The fourth-order valence-electron chi connectivity index (χ4n) is 3.12. The zero-order valence-electron chi connectivity index (χ0n) is 15.8. The fourth-order valence-corrected chi connectivity index (χ4v) is 3.66. The highest BCUT2D eigenvalue weighted by Gasteiger charge is 2.07. The van der Waals surface area contributed by atoms with E-state index >= 15 is 0 Å². The maximum absolute atomic E-state index is 6.05. The van der Waals surface area contributed by atoms with E-state index in [9.17, 15) is 0 Å². The number of para-hydroxylation sites is 2. The number of H-pyrrole nitrogens is 1. The zero-order valence-corrected chi connectivity index (χ0v) is 18.1. The maximum Gasteiger partial charge on any atom is 0.124 e. The molecule has 1 heterocycles. The molecule has 0 bridgehead atoms. The summed E-state index contributed by atoms with van der Waals surface area (Å²) in [5, 5.41) is 4.22. The lowest BCUT2D eigenvalue weighted by Gasteiger charge is -2.13. The molecular weight excluding hydrogens is 450 g/mol. The van der Waals surface area contributed by atoms with E-state index in [1.54, 1.807) is 0 Å². The lowest BCUT2D eigenvalue weighted by atomic mass is 10.2.